The first-order valence-corrected chi connectivity index (χ1v) is 14.5. The Labute approximate surface area is 249 Å². The second-order valence-corrected chi connectivity index (χ2v) is 10.3. The standard InChI is InChI=1S/C35H42N2O5/c1-4-22-42-32-20-17-27(18-21-32)11-7-8-23-41-26-31-15-10-13-29(36-31)19-16-28-12-9-14-30(24-28)37-33(38)25-35(5-2,6-3)34(39)40/h4,9-10,12-21,24H,1,5-8,11,22-23,25-26H2,2-3H3,(H,37,38)(H,39,40). The number of rotatable bonds is 18. The third kappa shape index (κ3) is 10.3. The number of hydrogen-bond acceptors (Lipinski definition) is 5. The Morgan fingerprint density at radius 1 is 1.00 bits per heavy atom. The van der Waals surface area contributed by atoms with Gasteiger partial charge in [-0.3, -0.25) is 14.6 Å². The van der Waals surface area contributed by atoms with Crippen molar-refractivity contribution in [2.75, 3.05) is 18.5 Å². The van der Waals surface area contributed by atoms with Crippen molar-refractivity contribution in [1.82, 2.24) is 4.98 Å². The van der Waals surface area contributed by atoms with Crippen molar-refractivity contribution >= 4 is 29.7 Å². The van der Waals surface area contributed by atoms with E-state index in [2.05, 4.69) is 29.0 Å². The van der Waals surface area contributed by atoms with Gasteiger partial charge in [0.1, 0.15) is 12.4 Å². The predicted octanol–water partition coefficient (Wildman–Crippen LogP) is 7.58. The van der Waals surface area contributed by atoms with Crippen LogP contribution >= 0.6 is 0 Å². The molecule has 0 fully saturated rings. The van der Waals surface area contributed by atoms with Crippen molar-refractivity contribution in [3.05, 3.63) is 102 Å². The Morgan fingerprint density at radius 2 is 1.76 bits per heavy atom. The number of carbonyl (C=O) groups excluding carboxylic acids is 1. The van der Waals surface area contributed by atoms with Gasteiger partial charge in [0.2, 0.25) is 5.91 Å². The summed E-state index contributed by atoms with van der Waals surface area (Å²) < 4.78 is 11.4. The van der Waals surface area contributed by atoms with Crippen LogP contribution in [0.15, 0.2) is 79.4 Å². The van der Waals surface area contributed by atoms with E-state index < -0.39 is 11.4 Å². The maximum Gasteiger partial charge on any atom is 0.310 e. The van der Waals surface area contributed by atoms with Gasteiger partial charge < -0.3 is 19.9 Å². The van der Waals surface area contributed by atoms with Gasteiger partial charge in [0.25, 0.3) is 0 Å². The summed E-state index contributed by atoms with van der Waals surface area (Å²) in [4.78, 5) is 29.0. The molecule has 2 aromatic carbocycles. The molecule has 1 aromatic heterocycles. The van der Waals surface area contributed by atoms with Crippen LogP contribution in [-0.2, 0) is 27.4 Å². The predicted molar refractivity (Wildman–Crippen MR) is 168 cm³/mol. The van der Waals surface area contributed by atoms with Crippen LogP contribution in [0.4, 0.5) is 5.69 Å². The molecule has 0 unspecified atom stereocenters. The van der Waals surface area contributed by atoms with Crippen molar-refractivity contribution < 1.29 is 24.2 Å². The van der Waals surface area contributed by atoms with Crippen LogP contribution in [0.25, 0.3) is 12.2 Å². The fraction of sp³-hybridized carbons (Fsp3) is 0.343. The summed E-state index contributed by atoms with van der Waals surface area (Å²) in [6.45, 7) is 8.90. The lowest BCUT2D eigenvalue weighted by atomic mass is 9.79. The van der Waals surface area contributed by atoms with Crippen molar-refractivity contribution in [2.45, 2.75) is 59.0 Å². The summed E-state index contributed by atoms with van der Waals surface area (Å²) in [5, 5.41) is 12.5. The van der Waals surface area contributed by atoms with Gasteiger partial charge >= 0.3 is 5.97 Å². The molecule has 3 aromatic rings. The minimum Gasteiger partial charge on any atom is -0.490 e. The molecular formula is C35H42N2O5. The summed E-state index contributed by atoms with van der Waals surface area (Å²) in [5.41, 5.74) is 3.42. The Hall–Kier alpha value is -4.23. The van der Waals surface area contributed by atoms with E-state index in [9.17, 15) is 14.7 Å². The molecular weight excluding hydrogens is 528 g/mol. The number of pyridine rings is 1. The van der Waals surface area contributed by atoms with Gasteiger partial charge in [-0.1, -0.05) is 62.9 Å². The quantitative estimate of drug-likeness (QED) is 0.121. The smallest absolute Gasteiger partial charge is 0.310 e. The molecule has 0 aliphatic rings. The molecule has 0 radical (unpaired) electrons. The van der Waals surface area contributed by atoms with Gasteiger partial charge in [-0.15, -0.1) is 0 Å². The highest BCUT2D eigenvalue weighted by Gasteiger charge is 2.37. The van der Waals surface area contributed by atoms with Gasteiger partial charge in [0.05, 0.1) is 23.4 Å². The summed E-state index contributed by atoms with van der Waals surface area (Å²) in [5.74, 6) is -0.388. The number of aryl methyl sites for hydroxylation is 1. The fourth-order valence-electron chi connectivity index (χ4n) is 4.58. The number of hydrogen-bond donors (Lipinski definition) is 2. The highest BCUT2D eigenvalue weighted by Crippen LogP contribution is 2.31. The maximum atomic E-state index is 12.6. The molecule has 0 saturated carbocycles. The zero-order valence-electron chi connectivity index (χ0n) is 24.7. The average Bonchev–Trinajstić information content (AvgIpc) is 3.00. The minimum absolute atomic E-state index is 0.0610. The van der Waals surface area contributed by atoms with E-state index >= 15 is 0 Å². The zero-order chi connectivity index (χ0) is 30.2. The van der Waals surface area contributed by atoms with Crippen molar-refractivity contribution in [3.8, 4) is 5.75 Å². The SMILES string of the molecule is C=CCOc1ccc(CCCCOCc2cccc(C=Cc3cccc(NC(=O)CC(CC)(CC)C(=O)O)c3)n2)cc1. The number of ether oxygens (including phenoxy) is 2. The Balaban J connectivity index is 1.44. The normalized spacial score (nSPS) is 11.4. The van der Waals surface area contributed by atoms with Crippen LogP contribution in [0.5, 0.6) is 5.75 Å². The number of carboxylic acids is 1. The lowest BCUT2D eigenvalue weighted by Crippen LogP contribution is -2.34. The number of carboxylic acid groups (broad SMARTS) is 1. The molecule has 0 spiro atoms. The van der Waals surface area contributed by atoms with Gasteiger partial charge in [0.15, 0.2) is 0 Å². The first kappa shape index (κ1) is 32.3. The average molecular weight is 571 g/mol. The van der Waals surface area contributed by atoms with Gasteiger partial charge in [0, 0.05) is 18.7 Å². The molecule has 1 amide bonds. The number of benzene rings is 2. The summed E-state index contributed by atoms with van der Waals surface area (Å²) in [6.07, 6.45) is 9.32. The zero-order valence-corrected chi connectivity index (χ0v) is 24.7. The third-order valence-electron chi connectivity index (χ3n) is 7.30. The molecule has 0 bridgehead atoms. The number of amides is 1. The summed E-state index contributed by atoms with van der Waals surface area (Å²) >= 11 is 0. The number of aliphatic carboxylic acids is 1. The van der Waals surface area contributed by atoms with Crippen LogP contribution in [0.2, 0.25) is 0 Å². The van der Waals surface area contributed by atoms with Gasteiger partial charge in [-0.25, -0.2) is 0 Å². The first-order chi connectivity index (χ1) is 20.4. The number of anilines is 1. The molecule has 7 nitrogen and oxygen atoms in total. The maximum absolute atomic E-state index is 12.6. The van der Waals surface area contributed by atoms with Crippen LogP contribution in [0, 0.1) is 5.41 Å². The highest BCUT2D eigenvalue weighted by molar-refractivity contribution is 5.94. The van der Waals surface area contributed by atoms with Crippen molar-refractivity contribution in [1.29, 1.82) is 0 Å². The molecule has 42 heavy (non-hydrogen) atoms. The van der Waals surface area contributed by atoms with E-state index in [1.807, 2.05) is 60.7 Å². The molecule has 222 valence electrons. The second kappa shape index (κ2) is 16.9. The largest absolute Gasteiger partial charge is 0.490 e. The monoisotopic (exact) mass is 570 g/mol. The number of aromatic nitrogens is 1. The van der Waals surface area contributed by atoms with Crippen molar-refractivity contribution in [3.63, 3.8) is 0 Å². The summed E-state index contributed by atoms with van der Waals surface area (Å²) in [7, 11) is 0. The van der Waals surface area contributed by atoms with Crippen LogP contribution in [-0.4, -0.2) is 35.2 Å². The topological polar surface area (TPSA) is 97.8 Å². The number of carbonyl (C=O) groups is 2. The molecule has 0 aliphatic heterocycles. The lowest BCUT2D eigenvalue weighted by molar-refractivity contribution is -0.151. The Bertz CT molecular complexity index is 1330. The number of nitrogens with one attached hydrogen (secondary N) is 1. The lowest BCUT2D eigenvalue weighted by Gasteiger charge is -2.25. The van der Waals surface area contributed by atoms with Crippen LogP contribution in [0.1, 0.15) is 68.5 Å². The van der Waals surface area contributed by atoms with Crippen LogP contribution in [0.3, 0.4) is 0 Å². The van der Waals surface area contributed by atoms with E-state index in [0.29, 0.717) is 38.3 Å². The summed E-state index contributed by atoms with van der Waals surface area (Å²) in [6, 6.07) is 21.5. The minimum atomic E-state index is -1.05. The molecule has 1 heterocycles. The van der Waals surface area contributed by atoms with Gasteiger partial charge in [-0.05, 0) is 85.7 Å². The van der Waals surface area contributed by atoms with E-state index in [4.69, 9.17) is 9.47 Å². The van der Waals surface area contributed by atoms with E-state index in [1.54, 1.807) is 26.0 Å². The second-order valence-electron chi connectivity index (χ2n) is 10.3. The van der Waals surface area contributed by atoms with E-state index in [-0.39, 0.29) is 12.3 Å². The highest BCUT2D eigenvalue weighted by atomic mass is 16.5. The van der Waals surface area contributed by atoms with E-state index in [1.165, 1.54) is 5.56 Å². The fourth-order valence-corrected chi connectivity index (χ4v) is 4.58. The first-order valence-electron chi connectivity index (χ1n) is 14.5. The molecule has 2 N–H and O–H groups in total. The Kier molecular flexibility index (Phi) is 13.0. The number of unbranched alkanes of at least 4 members (excludes halogenated alkanes) is 1. The molecule has 7 heteroatoms. The molecule has 0 atom stereocenters. The number of nitrogens with zero attached hydrogens (tertiary/aromatic N) is 1. The molecule has 3 rings (SSSR count). The Morgan fingerprint density at radius 3 is 2.48 bits per heavy atom. The van der Waals surface area contributed by atoms with Gasteiger partial charge in [-0.2, -0.15) is 0 Å². The van der Waals surface area contributed by atoms with E-state index in [0.717, 1.165) is 42.0 Å². The van der Waals surface area contributed by atoms with Crippen molar-refractivity contribution in [2.24, 2.45) is 5.41 Å². The molecule has 0 aliphatic carbocycles. The molecule has 0 saturated heterocycles. The third-order valence-corrected chi connectivity index (χ3v) is 7.30. The van der Waals surface area contributed by atoms with Crippen LogP contribution < -0.4 is 10.1 Å².